The average molecular weight is 336 g/mol. The van der Waals surface area contributed by atoms with Crippen molar-refractivity contribution >= 4 is 23.6 Å². The summed E-state index contributed by atoms with van der Waals surface area (Å²) in [5.41, 5.74) is 0.940. The molecule has 0 aromatic heterocycles. The van der Waals surface area contributed by atoms with E-state index in [9.17, 15) is 4.79 Å². The van der Waals surface area contributed by atoms with Gasteiger partial charge in [0, 0.05) is 17.6 Å². The van der Waals surface area contributed by atoms with Crippen LogP contribution in [0.5, 0.6) is 0 Å². The summed E-state index contributed by atoms with van der Waals surface area (Å²) in [6.07, 6.45) is 15.0. The van der Waals surface area contributed by atoms with Crippen molar-refractivity contribution in [1.82, 2.24) is 5.32 Å². The third kappa shape index (κ3) is 11.0. The van der Waals surface area contributed by atoms with Gasteiger partial charge in [0.1, 0.15) is 0 Å². The summed E-state index contributed by atoms with van der Waals surface area (Å²) in [6.45, 7) is 3.01. The summed E-state index contributed by atoms with van der Waals surface area (Å²) in [5.74, 6) is -0.0375. The van der Waals surface area contributed by atoms with Crippen molar-refractivity contribution in [2.75, 3.05) is 6.54 Å². The first-order valence-electron chi connectivity index (χ1n) is 8.94. The number of carbonyl (C=O) groups is 1. The van der Waals surface area contributed by atoms with Gasteiger partial charge in [-0.25, -0.2) is 0 Å². The average Bonchev–Trinajstić information content (AvgIpc) is 2.55. The number of benzene rings is 1. The Labute approximate surface area is 146 Å². The van der Waals surface area contributed by atoms with E-state index in [2.05, 4.69) is 12.2 Å². The van der Waals surface area contributed by atoms with Crippen molar-refractivity contribution in [3.8, 4) is 0 Å². The molecule has 0 radical (unpaired) electrons. The first-order chi connectivity index (χ1) is 11.2. The minimum absolute atomic E-state index is 0.0375. The molecular weight excluding hydrogens is 306 g/mol. The number of unbranched alkanes of at least 4 members (excludes halogenated alkanes) is 8. The number of rotatable bonds is 12. The predicted octanol–water partition coefficient (Wildman–Crippen LogP) is 6.00. The smallest absolute Gasteiger partial charge is 0.243 e. The first kappa shape index (κ1) is 19.8. The molecule has 1 rings (SSSR count). The Morgan fingerprint density at radius 2 is 1.70 bits per heavy atom. The summed E-state index contributed by atoms with van der Waals surface area (Å²) < 4.78 is 0. The standard InChI is InChI=1S/C20H30ClNO/c1-2-3-4-5-6-7-8-9-10-16-22-20(23)15-14-18-12-11-13-19(21)17-18/h11-15,17H,2-10,16H2,1H3,(H,22,23). The summed E-state index contributed by atoms with van der Waals surface area (Å²) in [4.78, 5) is 11.7. The van der Waals surface area contributed by atoms with Crippen molar-refractivity contribution in [2.45, 2.75) is 64.7 Å². The Hall–Kier alpha value is -1.28. The van der Waals surface area contributed by atoms with Crippen molar-refractivity contribution in [2.24, 2.45) is 0 Å². The van der Waals surface area contributed by atoms with Crippen LogP contribution in [0.25, 0.3) is 6.08 Å². The lowest BCUT2D eigenvalue weighted by atomic mass is 10.1. The number of carbonyl (C=O) groups excluding carboxylic acids is 1. The van der Waals surface area contributed by atoms with Crippen LogP contribution in [0, 0.1) is 0 Å². The minimum Gasteiger partial charge on any atom is -0.353 e. The summed E-state index contributed by atoms with van der Waals surface area (Å²) in [5, 5.41) is 3.61. The maximum Gasteiger partial charge on any atom is 0.243 e. The van der Waals surface area contributed by atoms with E-state index in [0.717, 1.165) is 18.5 Å². The highest BCUT2D eigenvalue weighted by atomic mass is 35.5. The van der Waals surface area contributed by atoms with Gasteiger partial charge in [-0.2, -0.15) is 0 Å². The third-order valence-corrected chi connectivity index (χ3v) is 4.09. The third-order valence-electron chi connectivity index (χ3n) is 3.86. The molecule has 128 valence electrons. The van der Waals surface area contributed by atoms with E-state index in [4.69, 9.17) is 11.6 Å². The van der Waals surface area contributed by atoms with E-state index in [1.54, 1.807) is 12.2 Å². The van der Waals surface area contributed by atoms with Crippen LogP contribution in [-0.4, -0.2) is 12.5 Å². The molecule has 0 spiro atoms. The highest BCUT2D eigenvalue weighted by Crippen LogP contribution is 2.12. The van der Waals surface area contributed by atoms with Gasteiger partial charge in [-0.1, -0.05) is 82.0 Å². The molecular formula is C20H30ClNO. The molecule has 3 heteroatoms. The summed E-state index contributed by atoms with van der Waals surface area (Å²) >= 11 is 5.91. The Balaban J connectivity index is 2.00. The number of hydrogen-bond acceptors (Lipinski definition) is 1. The highest BCUT2D eigenvalue weighted by molar-refractivity contribution is 6.30. The zero-order chi connectivity index (χ0) is 16.8. The molecule has 0 bridgehead atoms. The molecule has 1 amide bonds. The molecule has 0 aliphatic rings. The molecule has 23 heavy (non-hydrogen) atoms. The molecule has 2 nitrogen and oxygen atoms in total. The van der Waals surface area contributed by atoms with E-state index in [-0.39, 0.29) is 5.91 Å². The number of halogens is 1. The quantitative estimate of drug-likeness (QED) is 0.368. The fourth-order valence-electron chi connectivity index (χ4n) is 2.49. The molecule has 1 aromatic rings. The van der Waals surface area contributed by atoms with Crippen LogP contribution in [0.3, 0.4) is 0 Å². The zero-order valence-electron chi connectivity index (χ0n) is 14.3. The van der Waals surface area contributed by atoms with Crippen LogP contribution in [0.4, 0.5) is 0 Å². The molecule has 0 aliphatic carbocycles. The van der Waals surface area contributed by atoms with Gasteiger partial charge >= 0.3 is 0 Å². The van der Waals surface area contributed by atoms with Crippen molar-refractivity contribution < 1.29 is 4.79 Å². The number of hydrogen-bond donors (Lipinski definition) is 1. The second kappa shape index (κ2) is 13.2. The summed E-state index contributed by atoms with van der Waals surface area (Å²) in [6, 6.07) is 7.47. The molecule has 1 aromatic carbocycles. The second-order valence-electron chi connectivity index (χ2n) is 6.01. The number of nitrogens with one attached hydrogen (secondary N) is 1. The molecule has 0 saturated heterocycles. The van der Waals surface area contributed by atoms with Gasteiger partial charge in [0.15, 0.2) is 0 Å². The fraction of sp³-hybridized carbons (Fsp3) is 0.550. The van der Waals surface area contributed by atoms with E-state index in [0.29, 0.717) is 5.02 Å². The number of amides is 1. The van der Waals surface area contributed by atoms with Crippen LogP contribution >= 0.6 is 11.6 Å². The first-order valence-corrected chi connectivity index (χ1v) is 9.31. The fourth-order valence-corrected chi connectivity index (χ4v) is 2.69. The second-order valence-corrected chi connectivity index (χ2v) is 6.44. The van der Waals surface area contributed by atoms with E-state index in [1.165, 1.54) is 51.4 Å². The van der Waals surface area contributed by atoms with Crippen LogP contribution in [-0.2, 0) is 4.79 Å². The topological polar surface area (TPSA) is 29.1 Å². The Bertz CT molecular complexity index is 470. The minimum atomic E-state index is -0.0375. The van der Waals surface area contributed by atoms with E-state index < -0.39 is 0 Å². The lowest BCUT2D eigenvalue weighted by molar-refractivity contribution is -0.116. The van der Waals surface area contributed by atoms with Gasteiger partial charge in [0.2, 0.25) is 5.91 Å². The molecule has 0 heterocycles. The van der Waals surface area contributed by atoms with Crippen molar-refractivity contribution in [3.63, 3.8) is 0 Å². The van der Waals surface area contributed by atoms with Gasteiger partial charge in [-0.3, -0.25) is 4.79 Å². The van der Waals surface area contributed by atoms with Crippen LogP contribution in [0.2, 0.25) is 5.02 Å². The van der Waals surface area contributed by atoms with Gasteiger partial charge in [0.25, 0.3) is 0 Å². The van der Waals surface area contributed by atoms with Crippen LogP contribution < -0.4 is 5.32 Å². The van der Waals surface area contributed by atoms with Crippen LogP contribution in [0.1, 0.15) is 70.3 Å². The van der Waals surface area contributed by atoms with Crippen molar-refractivity contribution in [1.29, 1.82) is 0 Å². The maximum atomic E-state index is 11.7. The normalized spacial score (nSPS) is 11.0. The van der Waals surface area contributed by atoms with E-state index in [1.807, 2.05) is 24.3 Å². The molecule has 1 N–H and O–H groups in total. The van der Waals surface area contributed by atoms with Gasteiger partial charge in [-0.15, -0.1) is 0 Å². The lowest BCUT2D eigenvalue weighted by Gasteiger charge is -2.03. The van der Waals surface area contributed by atoms with Crippen LogP contribution in [0.15, 0.2) is 30.3 Å². The Kier molecular flexibility index (Phi) is 11.3. The van der Waals surface area contributed by atoms with E-state index >= 15 is 0 Å². The molecule has 0 fully saturated rings. The van der Waals surface area contributed by atoms with Gasteiger partial charge < -0.3 is 5.32 Å². The highest BCUT2D eigenvalue weighted by Gasteiger charge is 1.96. The monoisotopic (exact) mass is 335 g/mol. The zero-order valence-corrected chi connectivity index (χ0v) is 15.1. The lowest BCUT2D eigenvalue weighted by Crippen LogP contribution is -2.21. The molecule has 0 aliphatic heterocycles. The SMILES string of the molecule is CCCCCCCCCCCNC(=O)C=Cc1cccc(Cl)c1. The predicted molar refractivity (Wildman–Crippen MR) is 101 cm³/mol. The molecule has 0 saturated carbocycles. The van der Waals surface area contributed by atoms with Crippen molar-refractivity contribution in [3.05, 3.63) is 40.9 Å². The van der Waals surface area contributed by atoms with Gasteiger partial charge in [0.05, 0.1) is 0 Å². The molecule has 0 unspecified atom stereocenters. The Morgan fingerprint density at radius 3 is 2.35 bits per heavy atom. The maximum absolute atomic E-state index is 11.7. The molecule has 0 atom stereocenters. The Morgan fingerprint density at radius 1 is 1.04 bits per heavy atom. The largest absolute Gasteiger partial charge is 0.353 e. The van der Waals surface area contributed by atoms with Gasteiger partial charge in [-0.05, 0) is 30.2 Å². The summed E-state index contributed by atoms with van der Waals surface area (Å²) in [7, 11) is 0.